The van der Waals surface area contributed by atoms with Crippen LogP contribution in [0, 0.1) is 13.8 Å². The number of carbonyl (C=O) groups is 1. The Bertz CT molecular complexity index is 1400. The number of benzene rings is 2. The van der Waals surface area contributed by atoms with Crippen LogP contribution in [0.25, 0.3) is 5.70 Å². The lowest BCUT2D eigenvalue weighted by Gasteiger charge is -2.21. The van der Waals surface area contributed by atoms with E-state index in [1.54, 1.807) is 49.4 Å². The monoisotopic (exact) mass is 559 g/mol. The van der Waals surface area contributed by atoms with E-state index in [1.165, 1.54) is 12.1 Å². The molecule has 2 aromatic carbocycles. The quantitative estimate of drug-likeness (QED) is 0.179. The number of alkyl halides is 3. The van der Waals surface area contributed by atoms with Crippen molar-refractivity contribution in [3.63, 3.8) is 0 Å². The molecule has 3 aromatic rings. The number of hydrogen-bond donors (Lipinski definition) is 3. The van der Waals surface area contributed by atoms with E-state index in [4.69, 9.17) is 16.3 Å². The summed E-state index contributed by atoms with van der Waals surface area (Å²) in [5.74, 6) is 6.19. The fourth-order valence-electron chi connectivity index (χ4n) is 4.15. The average Bonchev–Trinajstić information content (AvgIpc) is 3.24. The van der Waals surface area contributed by atoms with Gasteiger partial charge in [0.05, 0.1) is 42.5 Å². The lowest BCUT2D eigenvalue weighted by atomic mass is 10.0. The minimum atomic E-state index is -4.56. The summed E-state index contributed by atoms with van der Waals surface area (Å²) < 4.78 is 48.1. The molecule has 0 bridgehead atoms. The summed E-state index contributed by atoms with van der Waals surface area (Å²) >= 11 is 0. The molecule has 5 N–H and O–H groups in total. The van der Waals surface area contributed by atoms with Crippen LogP contribution in [-0.4, -0.2) is 47.7 Å². The molecule has 0 aliphatic carbocycles. The van der Waals surface area contributed by atoms with Crippen molar-refractivity contribution in [2.45, 2.75) is 33.5 Å². The number of halogens is 3. The highest BCUT2D eigenvalue weighted by atomic mass is 19.4. The number of nitrogens with zero attached hydrogens (tertiary/aromatic N) is 4. The van der Waals surface area contributed by atoms with Crippen molar-refractivity contribution >= 4 is 22.9 Å². The van der Waals surface area contributed by atoms with Crippen LogP contribution in [0.5, 0.6) is 5.75 Å². The third-order valence-corrected chi connectivity index (χ3v) is 6.75. The zero-order valence-corrected chi connectivity index (χ0v) is 23.6. The number of hydrazine groups is 1. The molecule has 0 aliphatic heterocycles. The highest BCUT2D eigenvalue weighted by molar-refractivity contribution is 6.00. The summed E-state index contributed by atoms with van der Waals surface area (Å²) in [6.07, 6.45) is -1.38. The molecule has 0 spiro atoms. The van der Waals surface area contributed by atoms with E-state index in [0.29, 0.717) is 29.1 Å². The van der Waals surface area contributed by atoms with E-state index < -0.39 is 11.7 Å². The molecule has 12 heteroatoms. The highest BCUT2D eigenvalue weighted by Gasteiger charge is 2.32. The van der Waals surface area contributed by atoms with Crippen molar-refractivity contribution in [1.29, 1.82) is 0 Å². The van der Waals surface area contributed by atoms with Gasteiger partial charge >= 0.3 is 6.18 Å². The predicted molar refractivity (Wildman–Crippen MR) is 151 cm³/mol. The molecule has 0 saturated carbocycles. The predicted octanol–water partition coefficient (Wildman–Crippen LogP) is 4.45. The fourth-order valence-corrected chi connectivity index (χ4v) is 4.15. The number of Topliss-reactive ketones (excluding diaryl/α,β-unsaturated/α-hetero) is 1. The Morgan fingerprint density at radius 1 is 1.23 bits per heavy atom. The third-order valence-electron chi connectivity index (χ3n) is 6.75. The number of nitrogens with one attached hydrogen (secondary N) is 1. The minimum Gasteiger partial charge on any atom is -0.494 e. The summed E-state index contributed by atoms with van der Waals surface area (Å²) in [4.78, 5) is 15.0. The van der Waals surface area contributed by atoms with E-state index in [0.717, 1.165) is 29.0 Å². The molecular formula is C28H36F3N7O2. The van der Waals surface area contributed by atoms with Crippen LogP contribution in [0.15, 0.2) is 42.7 Å². The molecule has 1 heterocycles. The zero-order valence-electron chi connectivity index (χ0n) is 23.6. The van der Waals surface area contributed by atoms with Gasteiger partial charge in [0.2, 0.25) is 0 Å². The fraction of sp³-hybridized carbons (Fsp3) is 0.357. The second-order valence-electron chi connectivity index (χ2n) is 9.58. The van der Waals surface area contributed by atoms with Crippen LogP contribution < -0.4 is 26.6 Å². The molecule has 40 heavy (non-hydrogen) atoms. The van der Waals surface area contributed by atoms with Crippen molar-refractivity contribution in [3.05, 3.63) is 76.2 Å². The second kappa shape index (κ2) is 12.4. The van der Waals surface area contributed by atoms with E-state index in [-0.39, 0.29) is 30.3 Å². The topological polar surface area (TPSA) is 115 Å². The first-order valence-electron chi connectivity index (χ1n) is 12.6. The van der Waals surface area contributed by atoms with Crippen molar-refractivity contribution < 1.29 is 22.7 Å². The number of ketones is 1. The van der Waals surface area contributed by atoms with Gasteiger partial charge in [-0.25, -0.2) is 5.84 Å². The number of rotatable bonds is 11. The number of ether oxygens (including phenoxy) is 1. The summed E-state index contributed by atoms with van der Waals surface area (Å²) in [7, 11) is 4.99. The van der Waals surface area contributed by atoms with Gasteiger partial charge in [0.25, 0.3) is 0 Å². The largest absolute Gasteiger partial charge is 0.494 e. The molecule has 0 radical (unpaired) electrons. The first-order valence-corrected chi connectivity index (χ1v) is 12.6. The molecule has 1 aromatic heterocycles. The normalized spacial score (nSPS) is 12.1. The Labute approximate surface area is 232 Å². The molecule has 0 atom stereocenters. The number of carbonyl (C=O) groups excluding carboxylic acids is 1. The lowest BCUT2D eigenvalue weighted by Crippen LogP contribution is -2.27. The van der Waals surface area contributed by atoms with Crippen molar-refractivity contribution in [1.82, 2.24) is 14.7 Å². The Morgan fingerprint density at radius 2 is 1.93 bits per heavy atom. The van der Waals surface area contributed by atoms with Gasteiger partial charge in [0, 0.05) is 42.2 Å². The van der Waals surface area contributed by atoms with Crippen LogP contribution in [0.2, 0.25) is 0 Å². The van der Waals surface area contributed by atoms with Crippen molar-refractivity contribution in [3.8, 4) is 5.75 Å². The first-order chi connectivity index (χ1) is 18.8. The van der Waals surface area contributed by atoms with Gasteiger partial charge in [-0.1, -0.05) is 19.1 Å². The standard InChI is InChI=1S/C28H36F3N7O2/c1-7-36(4)15-20-10-21(28(29,30)31)12-24(27(20)40-6)34-14-26(39)19-9-8-17(2)25(11-19)38(33)16-23(32)22-13-35-37(5)18(22)3/h8-13,16,34H,7,14-15,32-33H2,1-6H3/b23-16-. The van der Waals surface area contributed by atoms with Crippen LogP contribution in [0.1, 0.15) is 45.2 Å². The Kier molecular flexibility index (Phi) is 9.48. The highest BCUT2D eigenvalue weighted by Crippen LogP contribution is 2.38. The molecule has 216 valence electrons. The van der Waals surface area contributed by atoms with E-state index in [1.807, 2.05) is 25.7 Å². The second-order valence-corrected chi connectivity index (χ2v) is 9.58. The number of aryl methyl sites for hydroxylation is 2. The number of aromatic nitrogens is 2. The van der Waals surface area contributed by atoms with Gasteiger partial charge in [-0.15, -0.1) is 0 Å². The number of anilines is 2. The molecular weight excluding hydrogens is 523 g/mol. The molecule has 0 amide bonds. The maximum Gasteiger partial charge on any atom is 0.416 e. The Balaban J connectivity index is 1.87. The van der Waals surface area contributed by atoms with Crippen molar-refractivity contribution in [2.24, 2.45) is 18.6 Å². The molecule has 0 unspecified atom stereocenters. The van der Waals surface area contributed by atoms with Crippen LogP contribution >= 0.6 is 0 Å². The van der Waals surface area contributed by atoms with Gasteiger partial charge in [-0.05, 0) is 51.2 Å². The van der Waals surface area contributed by atoms with Gasteiger partial charge in [0.15, 0.2) is 5.78 Å². The molecule has 0 fully saturated rings. The summed E-state index contributed by atoms with van der Waals surface area (Å²) in [6.45, 7) is 6.24. The zero-order chi connectivity index (χ0) is 29.8. The number of hydrogen-bond acceptors (Lipinski definition) is 8. The van der Waals surface area contributed by atoms with Gasteiger partial charge in [-0.2, -0.15) is 18.3 Å². The van der Waals surface area contributed by atoms with E-state index in [9.17, 15) is 18.0 Å². The van der Waals surface area contributed by atoms with Crippen LogP contribution in [-0.2, 0) is 19.8 Å². The first kappa shape index (κ1) is 30.5. The van der Waals surface area contributed by atoms with Gasteiger partial charge in [-0.3, -0.25) is 14.5 Å². The summed E-state index contributed by atoms with van der Waals surface area (Å²) in [6, 6.07) is 7.03. The maximum atomic E-state index is 13.7. The minimum absolute atomic E-state index is 0.0838. The molecule has 0 saturated heterocycles. The average molecular weight is 560 g/mol. The molecule has 0 aliphatic rings. The van der Waals surface area contributed by atoms with E-state index >= 15 is 0 Å². The Morgan fingerprint density at radius 3 is 2.50 bits per heavy atom. The molecule has 3 rings (SSSR count). The molecule has 9 nitrogen and oxygen atoms in total. The lowest BCUT2D eigenvalue weighted by molar-refractivity contribution is -0.137. The number of methoxy groups -OCH3 is 1. The Hall–Kier alpha value is -4.03. The van der Waals surface area contributed by atoms with Gasteiger partial charge in [0.1, 0.15) is 5.75 Å². The smallest absolute Gasteiger partial charge is 0.416 e. The number of nitrogens with two attached hydrogens (primary N) is 2. The summed E-state index contributed by atoms with van der Waals surface area (Å²) in [5, 5.41) is 8.36. The van der Waals surface area contributed by atoms with Crippen LogP contribution in [0.3, 0.4) is 0 Å². The van der Waals surface area contributed by atoms with E-state index in [2.05, 4.69) is 10.4 Å². The van der Waals surface area contributed by atoms with Crippen molar-refractivity contribution in [2.75, 3.05) is 37.6 Å². The van der Waals surface area contributed by atoms with Gasteiger partial charge < -0.3 is 20.7 Å². The van der Waals surface area contributed by atoms with Crippen LogP contribution in [0.4, 0.5) is 24.5 Å². The maximum absolute atomic E-state index is 13.7. The SMILES string of the molecule is CCN(C)Cc1cc(C(F)(F)F)cc(NCC(=O)c2ccc(C)c(N(N)/C=C(\N)c3cnn(C)c3C)c2)c1OC. The summed E-state index contributed by atoms with van der Waals surface area (Å²) in [5.41, 5.74) is 9.51. The third kappa shape index (κ3) is 6.93.